The van der Waals surface area contributed by atoms with Crippen LogP contribution in [0.2, 0.25) is 0 Å². The Hall–Kier alpha value is -3.52. The van der Waals surface area contributed by atoms with Gasteiger partial charge in [-0.2, -0.15) is 11.8 Å². The zero-order valence-electron chi connectivity index (χ0n) is 22.8. The van der Waals surface area contributed by atoms with Crippen molar-refractivity contribution in [1.82, 2.24) is 5.32 Å². The largest absolute Gasteiger partial charge is 0.489 e. The van der Waals surface area contributed by atoms with Crippen LogP contribution in [0.25, 0.3) is 0 Å². The highest BCUT2D eigenvalue weighted by molar-refractivity contribution is 7.99. The van der Waals surface area contributed by atoms with E-state index >= 15 is 0 Å². The SMILES string of the molecule is CCSCCOC(=O)C1=C(C)NC2=C(C(=O)C(C(=O)OC)C(C)C2)C1c1ccc(OCc2ccccc2)cc1. The van der Waals surface area contributed by atoms with E-state index in [1.807, 2.05) is 68.4 Å². The fourth-order valence-electron chi connectivity index (χ4n) is 5.20. The number of rotatable bonds is 10. The molecule has 0 bridgehead atoms. The van der Waals surface area contributed by atoms with E-state index in [0.29, 0.717) is 41.4 Å². The van der Waals surface area contributed by atoms with Crippen LogP contribution in [-0.2, 0) is 30.5 Å². The van der Waals surface area contributed by atoms with Gasteiger partial charge in [0.05, 0.1) is 12.7 Å². The molecular formula is C31H35NO6S. The Morgan fingerprint density at radius 3 is 2.46 bits per heavy atom. The quantitative estimate of drug-likeness (QED) is 0.247. The Balaban J connectivity index is 1.68. The third-order valence-electron chi connectivity index (χ3n) is 7.09. The van der Waals surface area contributed by atoms with E-state index in [0.717, 1.165) is 22.6 Å². The average molecular weight is 550 g/mol. The first kappa shape index (κ1) is 28.5. The summed E-state index contributed by atoms with van der Waals surface area (Å²) in [7, 11) is 1.29. The number of carbonyl (C=O) groups excluding carboxylic acids is 3. The molecule has 1 heterocycles. The molecule has 39 heavy (non-hydrogen) atoms. The van der Waals surface area contributed by atoms with Gasteiger partial charge in [0.15, 0.2) is 5.78 Å². The second kappa shape index (κ2) is 13.0. The molecule has 2 aromatic rings. The summed E-state index contributed by atoms with van der Waals surface area (Å²) in [6, 6.07) is 17.3. The lowest BCUT2D eigenvalue weighted by Gasteiger charge is -2.38. The monoisotopic (exact) mass is 549 g/mol. The molecule has 4 rings (SSSR count). The number of Topliss-reactive ketones (excluding diaryl/α,β-unsaturated/α-hetero) is 1. The predicted octanol–water partition coefficient (Wildman–Crippen LogP) is 5.17. The van der Waals surface area contributed by atoms with Crippen molar-refractivity contribution in [2.24, 2.45) is 11.8 Å². The molecule has 206 valence electrons. The summed E-state index contributed by atoms with van der Waals surface area (Å²) < 4.78 is 16.6. The van der Waals surface area contributed by atoms with Gasteiger partial charge in [-0.1, -0.05) is 56.3 Å². The van der Waals surface area contributed by atoms with Crippen LogP contribution >= 0.6 is 11.8 Å². The van der Waals surface area contributed by atoms with Crippen LogP contribution in [0.4, 0.5) is 0 Å². The highest BCUT2D eigenvalue weighted by Gasteiger charge is 2.47. The van der Waals surface area contributed by atoms with Crippen molar-refractivity contribution >= 4 is 29.5 Å². The second-order valence-electron chi connectivity index (χ2n) is 9.71. The lowest BCUT2D eigenvalue weighted by atomic mass is 9.69. The zero-order valence-corrected chi connectivity index (χ0v) is 23.6. The number of ether oxygens (including phenoxy) is 3. The number of methoxy groups -OCH3 is 1. The number of hydrogen-bond donors (Lipinski definition) is 1. The molecule has 1 N–H and O–H groups in total. The van der Waals surface area contributed by atoms with Crippen LogP contribution in [-0.4, -0.2) is 42.9 Å². The highest BCUT2D eigenvalue weighted by Crippen LogP contribution is 2.45. The molecule has 2 aromatic carbocycles. The molecular weight excluding hydrogens is 514 g/mol. The van der Waals surface area contributed by atoms with Gasteiger partial charge in [0.2, 0.25) is 0 Å². The minimum atomic E-state index is -0.928. The van der Waals surface area contributed by atoms with Crippen molar-refractivity contribution in [2.75, 3.05) is 25.2 Å². The highest BCUT2D eigenvalue weighted by atomic mass is 32.2. The maximum absolute atomic E-state index is 13.9. The topological polar surface area (TPSA) is 90.9 Å². The fraction of sp³-hybridized carbons (Fsp3) is 0.387. The first-order valence-corrected chi connectivity index (χ1v) is 14.4. The van der Waals surface area contributed by atoms with Gasteiger partial charge >= 0.3 is 11.9 Å². The molecule has 0 saturated carbocycles. The summed E-state index contributed by atoms with van der Waals surface area (Å²) in [5, 5.41) is 3.29. The van der Waals surface area contributed by atoms with Crippen LogP contribution in [0.15, 0.2) is 77.1 Å². The van der Waals surface area contributed by atoms with E-state index in [9.17, 15) is 14.4 Å². The molecule has 0 radical (unpaired) electrons. The van der Waals surface area contributed by atoms with E-state index in [-0.39, 0.29) is 18.3 Å². The summed E-state index contributed by atoms with van der Waals surface area (Å²) in [6.07, 6.45) is 0.489. The van der Waals surface area contributed by atoms with Gasteiger partial charge in [-0.05, 0) is 48.3 Å². The van der Waals surface area contributed by atoms with Gasteiger partial charge in [-0.3, -0.25) is 9.59 Å². The van der Waals surface area contributed by atoms with Crippen molar-refractivity contribution in [3.05, 3.63) is 88.3 Å². The van der Waals surface area contributed by atoms with Crippen LogP contribution in [0.1, 0.15) is 44.2 Å². The molecule has 1 aliphatic heterocycles. The summed E-state index contributed by atoms with van der Waals surface area (Å²) in [6.45, 7) is 6.44. The molecule has 0 saturated heterocycles. The maximum atomic E-state index is 13.9. The average Bonchev–Trinajstić information content (AvgIpc) is 2.94. The van der Waals surface area contributed by atoms with Gasteiger partial charge in [-0.25, -0.2) is 4.79 Å². The number of esters is 2. The Labute approximate surface area is 234 Å². The van der Waals surface area contributed by atoms with Gasteiger partial charge in [0.1, 0.15) is 24.9 Å². The minimum absolute atomic E-state index is 0.238. The Morgan fingerprint density at radius 1 is 1.08 bits per heavy atom. The van der Waals surface area contributed by atoms with E-state index < -0.39 is 23.8 Å². The minimum Gasteiger partial charge on any atom is -0.489 e. The molecule has 7 nitrogen and oxygen atoms in total. The van der Waals surface area contributed by atoms with Crippen molar-refractivity contribution in [3.8, 4) is 5.75 Å². The normalized spacial score (nSPS) is 20.7. The second-order valence-corrected chi connectivity index (χ2v) is 11.1. The Morgan fingerprint density at radius 2 is 1.79 bits per heavy atom. The van der Waals surface area contributed by atoms with Gasteiger partial charge < -0.3 is 19.5 Å². The van der Waals surface area contributed by atoms with E-state index in [1.165, 1.54) is 7.11 Å². The molecule has 0 fully saturated rings. The first-order chi connectivity index (χ1) is 18.8. The lowest BCUT2D eigenvalue weighted by Crippen LogP contribution is -2.43. The van der Waals surface area contributed by atoms with E-state index in [1.54, 1.807) is 11.8 Å². The number of carbonyl (C=O) groups is 3. The number of dihydropyridines is 1. The van der Waals surface area contributed by atoms with Crippen molar-refractivity contribution < 1.29 is 28.6 Å². The molecule has 0 spiro atoms. The Kier molecular flexibility index (Phi) is 9.51. The predicted molar refractivity (Wildman–Crippen MR) is 151 cm³/mol. The number of ketones is 1. The van der Waals surface area contributed by atoms with Crippen molar-refractivity contribution in [1.29, 1.82) is 0 Å². The van der Waals surface area contributed by atoms with Crippen molar-refractivity contribution in [2.45, 2.75) is 39.7 Å². The van der Waals surface area contributed by atoms with E-state index in [2.05, 4.69) is 12.2 Å². The number of hydrogen-bond acceptors (Lipinski definition) is 8. The lowest BCUT2D eigenvalue weighted by molar-refractivity contribution is -0.151. The van der Waals surface area contributed by atoms with Crippen molar-refractivity contribution in [3.63, 3.8) is 0 Å². The number of thioether (sulfide) groups is 1. The van der Waals surface area contributed by atoms with Crippen LogP contribution in [0, 0.1) is 11.8 Å². The number of nitrogens with one attached hydrogen (secondary N) is 1. The summed E-state index contributed by atoms with van der Waals surface area (Å²) >= 11 is 1.69. The van der Waals surface area contributed by atoms with Gasteiger partial charge in [0.25, 0.3) is 0 Å². The fourth-order valence-corrected chi connectivity index (χ4v) is 5.69. The molecule has 1 aliphatic carbocycles. The number of benzene rings is 2. The third kappa shape index (κ3) is 6.38. The van der Waals surface area contributed by atoms with Crippen LogP contribution in [0.5, 0.6) is 5.75 Å². The van der Waals surface area contributed by atoms with Gasteiger partial charge in [-0.15, -0.1) is 0 Å². The number of allylic oxidation sites excluding steroid dienone is 3. The molecule has 0 amide bonds. The first-order valence-electron chi connectivity index (χ1n) is 13.2. The standard InChI is InChI=1S/C31H35NO6S/c1-5-39-16-15-37-31(35)26-20(3)32-24-17-19(2)25(30(34)36-4)29(33)28(24)27(26)22-11-13-23(14-12-22)38-18-21-9-7-6-8-10-21/h6-14,19,25,27,32H,5,15-18H2,1-4H3. The molecule has 0 aromatic heterocycles. The summed E-state index contributed by atoms with van der Waals surface area (Å²) in [5.74, 6) is -0.910. The Bertz CT molecular complexity index is 1270. The van der Waals surface area contributed by atoms with Crippen LogP contribution in [0.3, 0.4) is 0 Å². The molecule has 3 unspecified atom stereocenters. The van der Waals surface area contributed by atoms with E-state index in [4.69, 9.17) is 14.2 Å². The van der Waals surface area contributed by atoms with Crippen LogP contribution < -0.4 is 10.1 Å². The summed E-state index contributed by atoms with van der Waals surface area (Å²) in [5.41, 5.74) is 3.97. The molecule has 3 atom stereocenters. The molecule has 2 aliphatic rings. The smallest absolute Gasteiger partial charge is 0.336 e. The third-order valence-corrected chi connectivity index (χ3v) is 7.95. The van der Waals surface area contributed by atoms with Gasteiger partial charge in [0, 0.05) is 28.6 Å². The molecule has 8 heteroatoms. The maximum Gasteiger partial charge on any atom is 0.336 e. The summed E-state index contributed by atoms with van der Waals surface area (Å²) in [4.78, 5) is 39.9. The zero-order chi connectivity index (χ0) is 27.9.